The summed E-state index contributed by atoms with van der Waals surface area (Å²) in [5, 5.41) is 2.73. The highest BCUT2D eigenvalue weighted by molar-refractivity contribution is 8.01. The maximum Gasteiger partial charge on any atom is 0.325 e. The Hall–Kier alpha value is -1.46. The quantitative estimate of drug-likeness (QED) is 0.668. The van der Waals surface area contributed by atoms with Crippen LogP contribution in [0, 0.1) is 0 Å². The Balaban J connectivity index is 2.03. The SMILES string of the molecule is C=C1Nc2ccccc2S[C@H]1C(=O)OCCOC. The van der Waals surface area contributed by atoms with Gasteiger partial charge >= 0.3 is 5.97 Å². The number of para-hydroxylation sites is 1. The van der Waals surface area contributed by atoms with Gasteiger partial charge in [-0.2, -0.15) is 0 Å². The monoisotopic (exact) mass is 265 g/mol. The molecule has 0 radical (unpaired) electrons. The van der Waals surface area contributed by atoms with E-state index in [1.54, 1.807) is 7.11 Å². The lowest BCUT2D eigenvalue weighted by molar-refractivity contribution is -0.143. The van der Waals surface area contributed by atoms with Crippen molar-refractivity contribution in [2.24, 2.45) is 0 Å². The molecule has 1 atom stereocenters. The van der Waals surface area contributed by atoms with E-state index in [0.29, 0.717) is 12.3 Å². The van der Waals surface area contributed by atoms with Gasteiger partial charge in [-0.1, -0.05) is 18.7 Å². The summed E-state index contributed by atoms with van der Waals surface area (Å²) < 4.78 is 9.96. The van der Waals surface area contributed by atoms with Gasteiger partial charge in [0.2, 0.25) is 0 Å². The van der Waals surface area contributed by atoms with E-state index in [0.717, 1.165) is 10.6 Å². The van der Waals surface area contributed by atoms with Gasteiger partial charge < -0.3 is 14.8 Å². The molecule has 1 aliphatic rings. The van der Waals surface area contributed by atoms with Crippen LogP contribution in [-0.4, -0.2) is 31.5 Å². The van der Waals surface area contributed by atoms with Crippen molar-refractivity contribution in [2.45, 2.75) is 10.1 Å². The van der Waals surface area contributed by atoms with Gasteiger partial charge in [-0.25, -0.2) is 0 Å². The summed E-state index contributed by atoms with van der Waals surface area (Å²) in [5.74, 6) is -0.288. The zero-order valence-corrected chi connectivity index (χ0v) is 11.0. The summed E-state index contributed by atoms with van der Waals surface area (Å²) in [7, 11) is 1.57. The Morgan fingerprint density at radius 2 is 2.22 bits per heavy atom. The van der Waals surface area contributed by atoms with E-state index in [-0.39, 0.29) is 12.6 Å². The van der Waals surface area contributed by atoms with Crippen LogP contribution in [0.4, 0.5) is 5.69 Å². The largest absolute Gasteiger partial charge is 0.462 e. The summed E-state index contributed by atoms with van der Waals surface area (Å²) in [5.41, 5.74) is 1.63. The molecule has 0 spiro atoms. The third-order valence-electron chi connectivity index (χ3n) is 2.49. The molecule has 0 saturated heterocycles. The Morgan fingerprint density at radius 1 is 1.44 bits per heavy atom. The Labute approximate surface area is 110 Å². The van der Waals surface area contributed by atoms with E-state index in [1.165, 1.54) is 11.8 Å². The Morgan fingerprint density at radius 3 is 3.00 bits per heavy atom. The maximum absolute atomic E-state index is 11.9. The van der Waals surface area contributed by atoms with Crippen LogP contribution in [0.5, 0.6) is 0 Å². The van der Waals surface area contributed by atoms with E-state index in [4.69, 9.17) is 9.47 Å². The van der Waals surface area contributed by atoms with Crippen molar-refractivity contribution in [1.29, 1.82) is 0 Å². The highest BCUT2D eigenvalue weighted by Crippen LogP contribution is 2.39. The van der Waals surface area contributed by atoms with E-state index in [9.17, 15) is 4.79 Å². The summed E-state index contributed by atoms with van der Waals surface area (Å²) in [6.07, 6.45) is 0. The summed E-state index contributed by atoms with van der Waals surface area (Å²) in [4.78, 5) is 12.9. The topological polar surface area (TPSA) is 47.6 Å². The second-order valence-electron chi connectivity index (χ2n) is 3.80. The third kappa shape index (κ3) is 2.86. The van der Waals surface area contributed by atoms with Crippen LogP contribution in [0.15, 0.2) is 41.4 Å². The van der Waals surface area contributed by atoms with Crippen molar-refractivity contribution in [3.63, 3.8) is 0 Å². The molecule has 1 aromatic rings. The molecule has 96 valence electrons. The Kier molecular flexibility index (Phi) is 4.28. The minimum atomic E-state index is -0.406. The number of hydrogen-bond donors (Lipinski definition) is 1. The molecular weight excluding hydrogens is 250 g/mol. The zero-order valence-electron chi connectivity index (χ0n) is 10.1. The number of esters is 1. The van der Waals surface area contributed by atoms with Gasteiger partial charge in [0.25, 0.3) is 0 Å². The van der Waals surface area contributed by atoms with Crippen molar-refractivity contribution in [2.75, 3.05) is 25.6 Å². The van der Waals surface area contributed by atoms with E-state index in [1.807, 2.05) is 24.3 Å². The van der Waals surface area contributed by atoms with Crippen LogP contribution in [0.2, 0.25) is 0 Å². The minimum absolute atomic E-state index is 0.265. The lowest BCUT2D eigenvalue weighted by Gasteiger charge is -2.26. The van der Waals surface area contributed by atoms with E-state index < -0.39 is 5.25 Å². The molecule has 1 N–H and O–H groups in total. The van der Waals surface area contributed by atoms with Crippen LogP contribution in [0.3, 0.4) is 0 Å². The number of thioether (sulfide) groups is 1. The van der Waals surface area contributed by atoms with Gasteiger partial charge in [0.15, 0.2) is 0 Å². The fourth-order valence-electron chi connectivity index (χ4n) is 1.60. The summed E-state index contributed by atoms with van der Waals surface area (Å²) in [6, 6.07) is 7.81. The zero-order chi connectivity index (χ0) is 13.0. The predicted molar refractivity (Wildman–Crippen MR) is 71.7 cm³/mol. The number of anilines is 1. The van der Waals surface area contributed by atoms with Gasteiger partial charge in [-0.05, 0) is 12.1 Å². The van der Waals surface area contributed by atoms with Gasteiger partial charge in [0.1, 0.15) is 11.9 Å². The first-order valence-corrected chi connectivity index (χ1v) is 6.47. The first-order valence-electron chi connectivity index (χ1n) is 5.59. The molecule has 1 heterocycles. The molecule has 0 amide bonds. The van der Waals surface area contributed by atoms with E-state index >= 15 is 0 Å². The third-order valence-corrected chi connectivity index (χ3v) is 3.81. The lowest BCUT2D eigenvalue weighted by atomic mass is 10.2. The number of benzene rings is 1. The molecule has 2 rings (SSSR count). The molecule has 1 aromatic carbocycles. The maximum atomic E-state index is 11.9. The Bertz CT molecular complexity index is 461. The highest BCUT2D eigenvalue weighted by Gasteiger charge is 2.29. The fraction of sp³-hybridized carbons (Fsp3) is 0.308. The number of fused-ring (bicyclic) bond motifs is 1. The predicted octanol–water partition coefficient (Wildman–Crippen LogP) is 2.28. The first kappa shape index (κ1) is 13.0. The number of ether oxygens (including phenoxy) is 2. The second kappa shape index (κ2) is 5.93. The average molecular weight is 265 g/mol. The van der Waals surface area contributed by atoms with Crippen LogP contribution in [0.25, 0.3) is 0 Å². The molecular formula is C13H15NO3S. The second-order valence-corrected chi connectivity index (χ2v) is 4.95. The number of methoxy groups -OCH3 is 1. The van der Waals surface area contributed by atoms with Crippen LogP contribution < -0.4 is 5.32 Å². The number of carbonyl (C=O) groups is 1. The van der Waals surface area contributed by atoms with Crippen molar-refractivity contribution in [1.82, 2.24) is 0 Å². The normalized spacial score (nSPS) is 17.8. The molecule has 1 aliphatic heterocycles. The number of carbonyl (C=O) groups excluding carboxylic acids is 1. The van der Waals surface area contributed by atoms with E-state index in [2.05, 4.69) is 11.9 Å². The smallest absolute Gasteiger partial charge is 0.325 e. The molecule has 18 heavy (non-hydrogen) atoms. The molecule has 5 heteroatoms. The molecule has 0 fully saturated rings. The van der Waals surface area contributed by atoms with Crippen LogP contribution in [0.1, 0.15) is 0 Å². The lowest BCUT2D eigenvalue weighted by Crippen LogP contribution is -2.29. The van der Waals surface area contributed by atoms with Gasteiger partial charge in [-0.3, -0.25) is 4.79 Å². The molecule has 0 bridgehead atoms. The molecule has 0 unspecified atom stereocenters. The van der Waals surface area contributed by atoms with Crippen molar-refractivity contribution >= 4 is 23.4 Å². The number of rotatable bonds is 4. The van der Waals surface area contributed by atoms with Crippen LogP contribution >= 0.6 is 11.8 Å². The summed E-state index contributed by atoms with van der Waals surface area (Å²) in [6.45, 7) is 4.55. The van der Waals surface area contributed by atoms with Crippen LogP contribution in [-0.2, 0) is 14.3 Å². The summed E-state index contributed by atoms with van der Waals surface area (Å²) >= 11 is 1.45. The molecule has 4 nitrogen and oxygen atoms in total. The van der Waals surface area contributed by atoms with Gasteiger partial charge in [0, 0.05) is 17.7 Å². The van der Waals surface area contributed by atoms with Gasteiger partial charge in [0.05, 0.1) is 12.3 Å². The standard InChI is InChI=1S/C13H15NO3S/c1-9-12(13(15)17-8-7-16-2)18-11-6-4-3-5-10(11)14-9/h3-6,12,14H,1,7-8H2,2H3/t12-/m1/s1. The van der Waals surface area contributed by atoms with Gasteiger partial charge in [-0.15, -0.1) is 11.8 Å². The molecule has 0 aliphatic carbocycles. The molecule has 0 saturated carbocycles. The average Bonchev–Trinajstić information content (AvgIpc) is 2.38. The van der Waals surface area contributed by atoms with Crippen molar-refractivity contribution < 1.29 is 14.3 Å². The fourth-order valence-corrected chi connectivity index (χ4v) is 2.62. The molecule has 0 aromatic heterocycles. The number of hydrogen-bond acceptors (Lipinski definition) is 5. The van der Waals surface area contributed by atoms with Crippen molar-refractivity contribution in [3.05, 3.63) is 36.5 Å². The first-order chi connectivity index (χ1) is 8.72. The van der Waals surface area contributed by atoms with Crippen molar-refractivity contribution in [3.8, 4) is 0 Å². The minimum Gasteiger partial charge on any atom is -0.462 e. The highest BCUT2D eigenvalue weighted by atomic mass is 32.2. The number of nitrogens with one attached hydrogen (secondary N) is 1.